The van der Waals surface area contributed by atoms with Gasteiger partial charge in [0.05, 0.1) is 11.1 Å². The van der Waals surface area contributed by atoms with Crippen LogP contribution in [0.5, 0.6) is 0 Å². The van der Waals surface area contributed by atoms with E-state index in [0.717, 1.165) is 5.69 Å². The van der Waals surface area contributed by atoms with Gasteiger partial charge in [0.25, 0.3) is 5.56 Å². The second-order valence-electron chi connectivity index (χ2n) is 4.96. The van der Waals surface area contributed by atoms with Gasteiger partial charge in [0, 0.05) is 12.2 Å². The molecular formula is C16H15N3OS. The third kappa shape index (κ3) is 2.64. The highest BCUT2D eigenvalue weighted by Crippen LogP contribution is 2.13. The van der Waals surface area contributed by atoms with Crippen molar-refractivity contribution in [2.24, 2.45) is 4.99 Å². The number of pyridine rings is 1. The quantitative estimate of drug-likeness (QED) is 0.729. The SMILES string of the molecule is CC(C)n1c(=Nc2ccccc2)sc2ncccc2c1=O. The van der Waals surface area contributed by atoms with Gasteiger partial charge < -0.3 is 0 Å². The van der Waals surface area contributed by atoms with E-state index >= 15 is 0 Å². The van der Waals surface area contributed by atoms with Crippen LogP contribution in [0.3, 0.4) is 0 Å². The molecule has 0 aliphatic carbocycles. The molecule has 3 rings (SSSR count). The Morgan fingerprint density at radius 1 is 1.14 bits per heavy atom. The maximum absolute atomic E-state index is 12.7. The molecule has 106 valence electrons. The third-order valence-corrected chi connectivity index (χ3v) is 4.10. The summed E-state index contributed by atoms with van der Waals surface area (Å²) in [6.07, 6.45) is 1.70. The van der Waals surface area contributed by atoms with Crippen LogP contribution in [0, 0.1) is 0 Å². The largest absolute Gasteiger partial charge is 0.281 e. The first-order valence-electron chi connectivity index (χ1n) is 6.77. The van der Waals surface area contributed by atoms with Gasteiger partial charge in [-0.2, -0.15) is 0 Å². The lowest BCUT2D eigenvalue weighted by Crippen LogP contribution is -2.33. The first kappa shape index (κ1) is 13.7. The molecule has 0 aliphatic rings. The summed E-state index contributed by atoms with van der Waals surface area (Å²) in [5, 5.41) is 0.642. The molecule has 21 heavy (non-hydrogen) atoms. The zero-order chi connectivity index (χ0) is 14.8. The second-order valence-corrected chi connectivity index (χ2v) is 5.91. The Kier molecular flexibility index (Phi) is 3.66. The van der Waals surface area contributed by atoms with Crippen LogP contribution in [-0.2, 0) is 0 Å². The molecule has 0 radical (unpaired) electrons. The Morgan fingerprint density at radius 3 is 2.62 bits per heavy atom. The molecule has 0 N–H and O–H groups in total. The van der Waals surface area contributed by atoms with Gasteiger partial charge in [-0.3, -0.25) is 9.36 Å². The molecule has 0 saturated carbocycles. The molecule has 3 aromatic rings. The summed E-state index contributed by atoms with van der Waals surface area (Å²) < 4.78 is 1.72. The Balaban J connectivity index is 2.39. The van der Waals surface area contributed by atoms with E-state index in [1.165, 1.54) is 11.3 Å². The molecule has 0 aliphatic heterocycles. The zero-order valence-electron chi connectivity index (χ0n) is 11.9. The van der Waals surface area contributed by atoms with Crippen LogP contribution in [0.2, 0.25) is 0 Å². The van der Waals surface area contributed by atoms with Gasteiger partial charge in [0.1, 0.15) is 4.83 Å². The molecular weight excluding hydrogens is 282 g/mol. The molecule has 0 atom stereocenters. The Hall–Kier alpha value is -2.27. The van der Waals surface area contributed by atoms with E-state index in [9.17, 15) is 4.79 Å². The van der Waals surface area contributed by atoms with E-state index in [-0.39, 0.29) is 11.6 Å². The van der Waals surface area contributed by atoms with Crippen LogP contribution < -0.4 is 10.4 Å². The van der Waals surface area contributed by atoms with Crippen LogP contribution in [0.15, 0.2) is 58.4 Å². The summed E-state index contributed by atoms with van der Waals surface area (Å²) >= 11 is 1.44. The molecule has 4 nitrogen and oxygen atoms in total. The Labute approximate surface area is 126 Å². The third-order valence-electron chi connectivity index (χ3n) is 3.11. The molecule has 0 saturated heterocycles. The van der Waals surface area contributed by atoms with E-state index < -0.39 is 0 Å². The summed E-state index contributed by atoms with van der Waals surface area (Å²) in [5.41, 5.74) is 0.791. The number of aromatic nitrogens is 2. The van der Waals surface area contributed by atoms with E-state index in [1.54, 1.807) is 16.8 Å². The van der Waals surface area contributed by atoms with Gasteiger partial charge in [0.2, 0.25) is 0 Å². The van der Waals surface area contributed by atoms with Gasteiger partial charge in [-0.15, -0.1) is 0 Å². The number of fused-ring (bicyclic) bond motifs is 1. The van der Waals surface area contributed by atoms with Crippen molar-refractivity contribution < 1.29 is 0 Å². The zero-order valence-corrected chi connectivity index (χ0v) is 12.7. The molecule has 1 aromatic carbocycles. The van der Waals surface area contributed by atoms with Gasteiger partial charge in [-0.25, -0.2) is 9.98 Å². The summed E-state index contributed by atoms with van der Waals surface area (Å²) in [7, 11) is 0. The van der Waals surface area contributed by atoms with Crippen molar-refractivity contribution in [3.05, 3.63) is 63.8 Å². The number of hydrogen-bond donors (Lipinski definition) is 0. The average molecular weight is 297 g/mol. The predicted molar refractivity (Wildman–Crippen MR) is 85.9 cm³/mol. The van der Waals surface area contributed by atoms with Crippen molar-refractivity contribution >= 4 is 27.2 Å². The summed E-state index contributed by atoms with van der Waals surface area (Å²) in [6, 6.07) is 13.3. The highest BCUT2D eigenvalue weighted by atomic mass is 32.1. The number of hydrogen-bond acceptors (Lipinski definition) is 4. The first-order valence-corrected chi connectivity index (χ1v) is 7.58. The smallest absolute Gasteiger partial charge is 0.263 e. The van der Waals surface area contributed by atoms with Crippen LogP contribution in [0.1, 0.15) is 19.9 Å². The lowest BCUT2D eigenvalue weighted by Gasteiger charge is -2.10. The van der Waals surface area contributed by atoms with Gasteiger partial charge >= 0.3 is 0 Å². The number of rotatable bonds is 2. The highest BCUT2D eigenvalue weighted by Gasteiger charge is 2.10. The second kappa shape index (κ2) is 5.61. The number of para-hydroxylation sites is 1. The van der Waals surface area contributed by atoms with Crippen molar-refractivity contribution in [1.82, 2.24) is 9.55 Å². The molecule has 5 heteroatoms. The molecule has 0 amide bonds. The first-order chi connectivity index (χ1) is 10.2. The monoisotopic (exact) mass is 297 g/mol. The van der Waals surface area contributed by atoms with Crippen LogP contribution >= 0.6 is 11.3 Å². The average Bonchev–Trinajstić information content (AvgIpc) is 2.48. The van der Waals surface area contributed by atoms with Crippen LogP contribution in [0.25, 0.3) is 10.2 Å². The highest BCUT2D eigenvalue weighted by molar-refractivity contribution is 7.15. The minimum atomic E-state index is -0.0402. The van der Waals surface area contributed by atoms with Crippen LogP contribution in [0.4, 0.5) is 5.69 Å². The maximum Gasteiger partial charge on any atom is 0.263 e. The van der Waals surface area contributed by atoms with Crippen molar-refractivity contribution in [1.29, 1.82) is 0 Å². The van der Waals surface area contributed by atoms with E-state index in [4.69, 9.17) is 0 Å². The van der Waals surface area contributed by atoms with Crippen molar-refractivity contribution in [2.45, 2.75) is 19.9 Å². The molecule has 2 aromatic heterocycles. The lowest BCUT2D eigenvalue weighted by atomic mass is 10.3. The fourth-order valence-electron chi connectivity index (χ4n) is 2.13. The minimum absolute atomic E-state index is 0.0402. The molecule has 0 fully saturated rings. The standard InChI is InChI=1S/C16H15N3OS/c1-11(2)19-15(20)13-9-6-10-17-14(13)21-16(19)18-12-7-4-3-5-8-12/h3-11H,1-2H3. The van der Waals surface area contributed by atoms with Crippen molar-refractivity contribution in [3.8, 4) is 0 Å². The molecule has 0 bridgehead atoms. The lowest BCUT2D eigenvalue weighted by molar-refractivity contribution is 0.566. The maximum atomic E-state index is 12.7. The molecule has 0 spiro atoms. The number of nitrogens with zero attached hydrogens (tertiary/aromatic N) is 3. The van der Waals surface area contributed by atoms with E-state index in [0.29, 0.717) is 15.0 Å². The summed E-state index contributed by atoms with van der Waals surface area (Å²) in [6.45, 7) is 3.97. The van der Waals surface area contributed by atoms with Crippen molar-refractivity contribution in [3.63, 3.8) is 0 Å². The Bertz CT molecular complexity index is 895. The minimum Gasteiger partial charge on any atom is -0.281 e. The fraction of sp³-hybridized carbons (Fsp3) is 0.188. The predicted octanol–water partition coefficient (Wildman–Crippen LogP) is 3.27. The summed E-state index contributed by atoms with van der Waals surface area (Å²) in [5.74, 6) is 0. The topological polar surface area (TPSA) is 47.2 Å². The van der Waals surface area contributed by atoms with Crippen molar-refractivity contribution in [2.75, 3.05) is 0 Å². The Morgan fingerprint density at radius 2 is 1.90 bits per heavy atom. The number of benzene rings is 1. The normalized spacial score (nSPS) is 12.2. The van der Waals surface area contributed by atoms with Gasteiger partial charge in [-0.05, 0) is 38.1 Å². The van der Waals surface area contributed by atoms with E-state index in [2.05, 4.69) is 9.98 Å². The van der Waals surface area contributed by atoms with Crippen LogP contribution in [-0.4, -0.2) is 9.55 Å². The van der Waals surface area contributed by atoms with Gasteiger partial charge in [0.15, 0.2) is 4.80 Å². The fourth-order valence-corrected chi connectivity index (χ4v) is 3.23. The van der Waals surface area contributed by atoms with Gasteiger partial charge in [-0.1, -0.05) is 29.5 Å². The van der Waals surface area contributed by atoms with E-state index in [1.807, 2.05) is 50.2 Å². The molecule has 0 unspecified atom stereocenters. The molecule has 2 heterocycles. The summed E-state index contributed by atoms with van der Waals surface area (Å²) in [4.78, 5) is 22.9.